The zero-order chi connectivity index (χ0) is 10.7. The molecule has 0 saturated heterocycles. The van der Waals surface area contributed by atoms with Crippen LogP contribution in [0, 0.1) is 0 Å². The maximum Gasteiger partial charge on any atom is 0.341 e. The summed E-state index contributed by atoms with van der Waals surface area (Å²) in [6, 6.07) is 0. The summed E-state index contributed by atoms with van der Waals surface area (Å²) >= 11 is 0. The topological polar surface area (TPSA) is 84.2 Å². The number of carbonyl (C=O) groups excluding carboxylic acids is 1. The summed E-state index contributed by atoms with van der Waals surface area (Å²) in [5.74, 6) is -1.13. The molecule has 1 aromatic rings. The molecule has 0 saturated carbocycles. The third kappa shape index (κ3) is 1.90. The lowest BCUT2D eigenvalue weighted by molar-refractivity contribution is -0.115. The normalized spacial score (nSPS) is 9.86. The standard InChI is InChI=1S/C8H11N3O3/c1-3-6(12)10-7-5(8(13)14)4-9-11(7)2/h4H,3H2,1-2H3,(H,10,12)(H,13,14). The molecule has 0 aliphatic heterocycles. The maximum absolute atomic E-state index is 11.1. The largest absolute Gasteiger partial charge is 0.477 e. The van der Waals surface area contributed by atoms with Crippen molar-refractivity contribution in [1.82, 2.24) is 9.78 Å². The number of hydrogen-bond acceptors (Lipinski definition) is 3. The smallest absolute Gasteiger partial charge is 0.341 e. The second-order valence-corrected chi connectivity index (χ2v) is 2.74. The Kier molecular flexibility index (Phi) is 2.85. The summed E-state index contributed by atoms with van der Waals surface area (Å²) < 4.78 is 1.32. The number of aryl methyl sites for hydroxylation is 1. The molecular formula is C8H11N3O3. The molecule has 0 aliphatic rings. The Morgan fingerprint density at radius 2 is 2.29 bits per heavy atom. The lowest BCUT2D eigenvalue weighted by Gasteiger charge is -2.04. The van der Waals surface area contributed by atoms with E-state index in [-0.39, 0.29) is 17.3 Å². The average Bonchev–Trinajstić information content (AvgIpc) is 2.48. The molecule has 0 radical (unpaired) electrons. The summed E-state index contributed by atoms with van der Waals surface area (Å²) in [5.41, 5.74) is -0.00528. The van der Waals surface area contributed by atoms with Crippen LogP contribution in [-0.2, 0) is 11.8 Å². The van der Waals surface area contributed by atoms with Crippen LogP contribution in [0.2, 0.25) is 0 Å². The van der Waals surface area contributed by atoms with Crippen molar-refractivity contribution in [1.29, 1.82) is 0 Å². The Bertz CT molecular complexity index is 370. The van der Waals surface area contributed by atoms with Crippen LogP contribution in [0.15, 0.2) is 6.20 Å². The molecule has 1 heterocycles. The Labute approximate surface area is 80.5 Å². The molecule has 1 aromatic heterocycles. The number of hydrogen-bond donors (Lipinski definition) is 2. The van der Waals surface area contributed by atoms with Crippen molar-refractivity contribution in [2.24, 2.45) is 7.05 Å². The first-order chi connectivity index (χ1) is 6.56. The summed E-state index contributed by atoms with van der Waals surface area (Å²) in [6.45, 7) is 1.69. The molecule has 1 amide bonds. The highest BCUT2D eigenvalue weighted by Crippen LogP contribution is 2.13. The van der Waals surface area contributed by atoms with E-state index in [1.807, 2.05) is 0 Å². The van der Waals surface area contributed by atoms with Gasteiger partial charge in [-0.2, -0.15) is 5.10 Å². The maximum atomic E-state index is 11.1. The first-order valence-corrected chi connectivity index (χ1v) is 4.11. The van der Waals surface area contributed by atoms with Gasteiger partial charge in [0.15, 0.2) is 0 Å². The van der Waals surface area contributed by atoms with E-state index in [0.717, 1.165) is 0 Å². The van der Waals surface area contributed by atoms with Gasteiger partial charge in [0.2, 0.25) is 5.91 Å². The number of nitrogens with zero attached hydrogens (tertiary/aromatic N) is 2. The van der Waals surface area contributed by atoms with Gasteiger partial charge in [-0.25, -0.2) is 4.79 Å². The van der Waals surface area contributed by atoms with Crippen LogP contribution in [0.5, 0.6) is 0 Å². The van der Waals surface area contributed by atoms with E-state index in [1.165, 1.54) is 10.9 Å². The molecule has 0 spiro atoms. The van der Waals surface area contributed by atoms with Crippen molar-refractivity contribution >= 4 is 17.7 Å². The van der Waals surface area contributed by atoms with Crippen molar-refractivity contribution in [3.8, 4) is 0 Å². The first-order valence-electron chi connectivity index (χ1n) is 4.11. The van der Waals surface area contributed by atoms with Crippen LogP contribution in [-0.4, -0.2) is 26.8 Å². The molecule has 14 heavy (non-hydrogen) atoms. The first kappa shape index (κ1) is 10.2. The van der Waals surface area contributed by atoms with E-state index in [0.29, 0.717) is 6.42 Å². The van der Waals surface area contributed by atoms with Gasteiger partial charge in [0.1, 0.15) is 11.4 Å². The molecule has 0 aromatic carbocycles. The number of nitrogens with one attached hydrogen (secondary N) is 1. The van der Waals surface area contributed by atoms with E-state index in [9.17, 15) is 9.59 Å². The fourth-order valence-corrected chi connectivity index (χ4v) is 0.963. The van der Waals surface area contributed by atoms with E-state index in [2.05, 4.69) is 10.4 Å². The molecule has 0 aliphatic carbocycles. The molecule has 0 unspecified atom stereocenters. The van der Waals surface area contributed by atoms with Crippen molar-refractivity contribution < 1.29 is 14.7 Å². The van der Waals surface area contributed by atoms with Crippen LogP contribution in [0.3, 0.4) is 0 Å². The van der Waals surface area contributed by atoms with Crippen molar-refractivity contribution in [2.75, 3.05) is 5.32 Å². The fourth-order valence-electron chi connectivity index (χ4n) is 0.963. The summed E-state index contributed by atoms with van der Waals surface area (Å²) in [5, 5.41) is 15.0. The Morgan fingerprint density at radius 1 is 1.64 bits per heavy atom. The number of carboxylic acids is 1. The Balaban J connectivity index is 2.99. The van der Waals surface area contributed by atoms with Gasteiger partial charge in [0.05, 0.1) is 6.20 Å². The molecule has 6 nitrogen and oxygen atoms in total. The highest BCUT2D eigenvalue weighted by molar-refractivity contribution is 5.99. The van der Waals surface area contributed by atoms with Gasteiger partial charge < -0.3 is 10.4 Å². The Hall–Kier alpha value is -1.85. The van der Waals surface area contributed by atoms with Gasteiger partial charge in [0.25, 0.3) is 0 Å². The minimum atomic E-state index is -1.11. The number of carboxylic acid groups (broad SMARTS) is 1. The van der Waals surface area contributed by atoms with Crippen LogP contribution in [0.4, 0.5) is 5.82 Å². The molecular weight excluding hydrogens is 186 g/mol. The summed E-state index contributed by atoms with van der Waals surface area (Å²) in [4.78, 5) is 21.8. The zero-order valence-corrected chi connectivity index (χ0v) is 7.94. The number of carbonyl (C=O) groups is 2. The third-order valence-corrected chi connectivity index (χ3v) is 1.75. The van der Waals surface area contributed by atoms with Gasteiger partial charge in [-0.15, -0.1) is 0 Å². The van der Waals surface area contributed by atoms with Crippen molar-refractivity contribution in [3.05, 3.63) is 11.8 Å². The lowest BCUT2D eigenvalue weighted by atomic mass is 10.3. The second-order valence-electron chi connectivity index (χ2n) is 2.74. The average molecular weight is 197 g/mol. The van der Waals surface area contributed by atoms with Gasteiger partial charge in [-0.05, 0) is 0 Å². The van der Waals surface area contributed by atoms with Crippen molar-refractivity contribution in [3.63, 3.8) is 0 Å². The van der Waals surface area contributed by atoms with E-state index in [4.69, 9.17) is 5.11 Å². The quantitative estimate of drug-likeness (QED) is 0.737. The molecule has 1 rings (SSSR count). The van der Waals surface area contributed by atoms with E-state index >= 15 is 0 Å². The molecule has 0 fully saturated rings. The molecule has 2 N–H and O–H groups in total. The van der Waals surface area contributed by atoms with Crippen molar-refractivity contribution in [2.45, 2.75) is 13.3 Å². The van der Waals surface area contributed by atoms with Crippen LogP contribution < -0.4 is 5.32 Å². The SMILES string of the molecule is CCC(=O)Nc1c(C(=O)O)cnn1C. The van der Waals surface area contributed by atoms with Crippen LogP contribution in [0.25, 0.3) is 0 Å². The third-order valence-electron chi connectivity index (χ3n) is 1.75. The summed E-state index contributed by atoms with van der Waals surface area (Å²) in [6.07, 6.45) is 1.50. The monoisotopic (exact) mass is 197 g/mol. The Morgan fingerprint density at radius 3 is 2.79 bits per heavy atom. The molecule has 6 heteroatoms. The zero-order valence-electron chi connectivity index (χ0n) is 7.94. The highest BCUT2D eigenvalue weighted by Gasteiger charge is 2.16. The number of aromatic carboxylic acids is 1. The minimum absolute atomic E-state index is 0.00528. The lowest BCUT2D eigenvalue weighted by Crippen LogP contribution is -2.15. The predicted octanol–water partition coefficient (Wildman–Crippen LogP) is 0.467. The van der Waals surface area contributed by atoms with Gasteiger partial charge >= 0.3 is 5.97 Å². The van der Waals surface area contributed by atoms with Crippen LogP contribution >= 0.6 is 0 Å². The minimum Gasteiger partial charge on any atom is -0.477 e. The highest BCUT2D eigenvalue weighted by atomic mass is 16.4. The number of anilines is 1. The molecule has 0 atom stereocenters. The molecule has 0 bridgehead atoms. The van der Waals surface area contributed by atoms with Crippen LogP contribution in [0.1, 0.15) is 23.7 Å². The number of aromatic nitrogens is 2. The number of rotatable bonds is 3. The van der Waals surface area contributed by atoms with E-state index < -0.39 is 5.97 Å². The second kappa shape index (κ2) is 3.91. The summed E-state index contributed by atoms with van der Waals surface area (Å²) in [7, 11) is 1.57. The molecule has 76 valence electrons. The van der Waals surface area contributed by atoms with Gasteiger partial charge in [-0.1, -0.05) is 6.92 Å². The van der Waals surface area contributed by atoms with Gasteiger partial charge in [0, 0.05) is 13.5 Å². The van der Waals surface area contributed by atoms with E-state index in [1.54, 1.807) is 14.0 Å². The predicted molar refractivity (Wildman–Crippen MR) is 49.1 cm³/mol. The number of amides is 1. The van der Waals surface area contributed by atoms with Gasteiger partial charge in [-0.3, -0.25) is 9.48 Å². The fraction of sp³-hybridized carbons (Fsp3) is 0.375.